The summed E-state index contributed by atoms with van der Waals surface area (Å²) in [6.07, 6.45) is 0. The first-order chi connectivity index (χ1) is 14.4. The predicted molar refractivity (Wildman–Crippen MR) is 105 cm³/mol. The van der Waals surface area contributed by atoms with Crippen molar-refractivity contribution in [3.63, 3.8) is 0 Å². The van der Waals surface area contributed by atoms with E-state index in [4.69, 9.17) is 25.5 Å². The van der Waals surface area contributed by atoms with Crippen LogP contribution in [-0.2, 0) is 23.9 Å². The Hall–Kier alpha value is -1.71. The number of ether oxygens (including phenoxy) is 1. The zero-order valence-corrected chi connectivity index (χ0v) is 22.6. The van der Waals surface area contributed by atoms with E-state index in [1.807, 2.05) is 0 Å². The molecule has 0 bridgehead atoms. The molecule has 0 unspecified atom stereocenters. The van der Waals surface area contributed by atoms with Gasteiger partial charge in [-0.3, -0.25) is 29.0 Å². The van der Waals surface area contributed by atoms with Crippen molar-refractivity contribution in [3.8, 4) is 5.75 Å². The van der Waals surface area contributed by atoms with Crippen LogP contribution in [0, 0.1) is 0 Å². The molecule has 13 nitrogen and oxygen atoms in total. The molecule has 176 valence electrons. The third-order valence-electron chi connectivity index (χ3n) is 3.46. The normalized spacial score (nSPS) is 9.55. The summed E-state index contributed by atoms with van der Waals surface area (Å²) in [6.45, 7) is -2.25. The molecule has 0 amide bonds. The molecular formula is C18H26N2Na2O11. The molecule has 0 spiro atoms. The topological polar surface area (TPSA) is 202 Å². The maximum atomic E-state index is 10.8. The maximum absolute atomic E-state index is 10.8. The molecule has 5 N–H and O–H groups in total. The Labute approximate surface area is 236 Å². The van der Waals surface area contributed by atoms with Crippen molar-refractivity contribution < 1.29 is 116 Å². The van der Waals surface area contributed by atoms with Crippen LogP contribution in [0.2, 0.25) is 0 Å². The summed E-state index contributed by atoms with van der Waals surface area (Å²) in [4.78, 5) is 55.2. The van der Waals surface area contributed by atoms with Crippen LogP contribution in [-0.4, -0.2) is 112 Å². The molecule has 0 saturated carbocycles. The minimum atomic E-state index is -1.23. The molecule has 1 rings (SSSR count). The molecule has 0 saturated heterocycles. The number of carboxylic acids is 4. The minimum Gasteiger partial charge on any atom is -1.00 e. The van der Waals surface area contributed by atoms with Gasteiger partial charge in [0.1, 0.15) is 5.75 Å². The van der Waals surface area contributed by atoms with Crippen LogP contribution in [0.5, 0.6) is 5.75 Å². The van der Waals surface area contributed by atoms with Crippen molar-refractivity contribution in [2.75, 3.05) is 46.4 Å². The number of benzene rings is 1. The van der Waals surface area contributed by atoms with Crippen molar-refractivity contribution in [3.05, 3.63) is 29.8 Å². The van der Waals surface area contributed by atoms with E-state index in [1.54, 1.807) is 0 Å². The van der Waals surface area contributed by atoms with Gasteiger partial charge in [-0.05, 0) is 24.3 Å². The molecule has 0 aliphatic heterocycles. The first kappa shape index (κ1) is 35.9. The van der Waals surface area contributed by atoms with Crippen LogP contribution < -0.4 is 59.1 Å². The van der Waals surface area contributed by atoms with Gasteiger partial charge < -0.3 is 33.1 Å². The first-order valence-electron chi connectivity index (χ1n) is 8.63. The number of rotatable bonds is 12. The quantitative estimate of drug-likeness (QED) is 0.136. The first-order valence-corrected chi connectivity index (χ1v) is 8.63. The molecule has 0 radical (unpaired) electrons. The van der Waals surface area contributed by atoms with Crippen LogP contribution >= 0.6 is 0 Å². The Balaban J connectivity index is -0.000000172. The second-order valence-corrected chi connectivity index (χ2v) is 6.03. The van der Waals surface area contributed by atoms with E-state index in [9.17, 15) is 24.0 Å². The van der Waals surface area contributed by atoms with Gasteiger partial charge in [0.25, 0.3) is 0 Å². The third-order valence-corrected chi connectivity index (χ3v) is 3.46. The molecule has 33 heavy (non-hydrogen) atoms. The number of carbonyl (C=O) groups is 5. The van der Waals surface area contributed by atoms with Crippen molar-refractivity contribution in [2.24, 2.45) is 0 Å². The van der Waals surface area contributed by atoms with Gasteiger partial charge in [0.2, 0.25) is 0 Å². The summed E-state index contributed by atoms with van der Waals surface area (Å²) < 4.78 is 4.46. The van der Waals surface area contributed by atoms with Gasteiger partial charge in [0, 0.05) is 13.1 Å². The minimum absolute atomic E-state index is 0. The summed E-state index contributed by atoms with van der Waals surface area (Å²) in [7, 11) is 1.31. The van der Waals surface area contributed by atoms with E-state index in [2.05, 4.69) is 4.74 Å². The molecule has 1 aromatic carbocycles. The van der Waals surface area contributed by atoms with E-state index in [-0.39, 0.29) is 80.8 Å². The summed E-state index contributed by atoms with van der Waals surface area (Å²) in [5, 5.41) is 43.3. The van der Waals surface area contributed by atoms with E-state index in [0.717, 1.165) is 9.80 Å². The van der Waals surface area contributed by atoms with Gasteiger partial charge in [-0.25, -0.2) is 4.79 Å². The number of hydrogen-bond donors (Lipinski definition) is 5. The number of phenolic OH excluding ortho intramolecular Hbond substituents is 1. The van der Waals surface area contributed by atoms with Crippen molar-refractivity contribution in [1.82, 2.24) is 9.80 Å². The Morgan fingerprint density at radius 1 is 0.727 bits per heavy atom. The Kier molecular flexibility index (Phi) is 21.4. The SMILES string of the molecule is COC(=O)c1ccc(O)cc1.O=C(O)CN(CCN(CC(=O)O)CC(=O)O)CC(=O)O.[H-].[H-].[Na+].[Na+]. The smallest absolute Gasteiger partial charge is 1.00 e. The van der Waals surface area contributed by atoms with Gasteiger partial charge >= 0.3 is 89.0 Å². The van der Waals surface area contributed by atoms with Crippen LogP contribution in [0.4, 0.5) is 0 Å². The number of esters is 1. The molecule has 0 atom stereocenters. The molecule has 0 fully saturated rings. The fourth-order valence-electron chi connectivity index (χ4n) is 2.19. The fraction of sp³-hybridized carbons (Fsp3) is 0.389. The number of nitrogens with zero attached hydrogens (tertiary/aromatic N) is 2. The van der Waals surface area contributed by atoms with E-state index in [0.29, 0.717) is 5.56 Å². The molecule has 15 heteroatoms. The number of phenols is 1. The summed E-state index contributed by atoms with van der Waals surface area (Å²) in [5.74, 6) is -5.17. The van der Waals surface area contributed by atoms with Gasteiger partial charge in [0.05, 0.1) is 38.9 Å². The van der Waals surface area contributed by atoms with Crippen LogP contribution in [0.1, 0.15) is 13.2 Å². The zero-order valence-electron chi connectivity index (χ0n) is 20.6. The average Bonchev–Trinajstić information content (AvgIpc) is 2.64. The van der Waals surface area contributed by atoms with E-state index >= 15 is 0 Å². The molecule has 0 aromatic heterocycles. The predicted octanol–water partition coefficient (Wildman–Crippen LogP) is -6.66. The molecule has 0 aliphatic rings. The van der Waals surface area contributed by atoms with Crippen LogP contribution in [0.25, 0.3) is 0 Å². The van der Waals surface area contributed by atoms with E-state index in [1.165, 1.54) is 31.4 Å². The van der Waals surface area contributed by atoms with Crippen molar-refractivity contribution >= 4 is 29.8 Å². The molecular weight excluding hydrogens is 466 g/mol. The summed E-state index contributed by atoms with van der Waals surface area (Å²) >= 11 is 0. The maximum Gasteiger partial charge on any atom is 1.00 e. The van der Waals surface area contributed by atoms with Gasteiger partial charge in [-0.2, -0.15) is 0 Å². The van der Waals surface area contributed by atoms with Crippen molar-refractivity contribution in [1.29, 1.82) is 0 Å². The monoisotopic (exact) mass is 492 g/mol. The van der Waals surface area contributed by atoms with Crippen molar-refractivity contribution in [2.45, 2.75) is 0 Å². The third kappa shape index (κ3) is 19.5. The van der Waals surface area contributed by atoms with E-state index < -0.39 is 56.0 Å². The fourth-order valence-corrected chi connectivity index (χ4v) is 2.19. The standard InChI is InChI=1S/C10H16N2O8.C8H8O3.2Na.2H/c13-7(14)3-11(4-8(15)16)1-2-12(5-9(17)18)6-10(19)20;1-11-8(10)6-2-4-7(9)5-3-6;;;;/h1-6H2,(H,13,14)(H,15,16)(H,17,18)(H,19,20);2-5,9H,1H3;;;;/q;;2*+1;2*-1. The van der Waals surface area contributed by atoms with Gasteiger partial charge in [-0.15, -0.1) is 0 Å². The average molecular weight is 492 g/mol. The number of aromatic hydroxyl groups is 1. The Morgan fingerprint density at radius 3 is 1.27 bits per heavy atom. The molecule has 0 heterocycles. The van der Waals surface area contributed by atoms with Gasteiger partial charge in [-0.1, -0.05) is 0 Å². The number of carboxylic acid groups (broad SMARTS) is 4. The largest absolute Gasteiger partial charge is 1.00 e. The zero-order chi connectivity index (χ0) is 24.0. The number of aliphatic carboxylic acids is 4. The van der Waals surface area contributed by atoms with Gasteiger partial charge in [0.15, 0.2) is 0 Å². The summed E-state index contributed by atoms with van der Waals surface area (Å²) in [6, 6.07) is 5.88. The molecule has 1 aromatic rings. The Morgan fingerprint density at radius 2 is 1.03 bits per heavy atom. The second-order valence-electron chi connectivity index (χ2n) is 6.03. The number of methoxy groups -OCH3 is 1. The number of hydrogen-bond acceptors (Lipinski definition) is 9. The molecule has 0 aliphatic carbocycles. The number of carbonyl (C=O) groups excluding carboxylic acids is 1. The van der Waals surface area contributed by atoms with Crippen LogP contribution in [0.3, 0.4) is 0 Å². The van der Waals surface area contributed by atoms with Crippen LogP contribution in [0.15, 0.2) is 24.3 Å². The second kappa shape index (κ2) is 19.7. The Bertz CT molecular complexity index is 718. The summed E-state index contributed by atoms with van der Waals surface area (Å²) in [5.41, 5.74) is 0.435.